The Hall–Kier alpha value is -5.39. The van der Waals surface area contributed by atoms with Crippen molar-refractivity contribution in [1.82, 2.24) is 34.0 Å². The lowest BCUT2D eigenvalue weighted by Crippen LogP contribution is -2.47. The highest BCUT2D eigenvalue weighted by molar-refractivity contribution is 6.33. The van der Waals surface area contributed by atoms with E-state index in [0.29, 0.717) is 36.2 Å². The predicted octanol–water partition coefficient (Wildman–Crippen LogP) is 4.88. The van der Waals surface area contributed by atoms with Crippen LogP contribution in [0.5, 0.6) is 5.75 Å². The van der Waals surface area contributed by atoms with Gasteiger partial charge in [0.05, 0.1) is 58.6 Å². The number of nitrogens with zero attached hydrogens (tertiary/aromatic N) is 7. The zero-order chi connectivity index (χ0) is 37.2. The highest BCUT2D eigenvalue weighted by Crippen LogP contribution is 2.48. The summed E-state index contributed by atoms with van der Waals surface area (Å²) in [5.41, 5.74) is -0.931. The zero-order valence-electron chi connectivity index (χ0n) is 28.0. The molecule has 2 amide bonds. The van der Waals surface area contributed by atoms with E-state index in [0.717, 1.165) is 28.3 Å². The highest BCUT2D eigenvalue weighted by atomic mass is 35.5. The smallest absolute Gasteiger partial charge is 0.416 e. The third-order valence-corrected chi connectivity index (χ3v) is 10.2. The summed E-state index contributed by atoms with van der Waals surface area (Å²) in [5, 5.41) is 18.1. The fourth-order valence-electron chi connectivity index (χ4n) is 7.31. The van der Waals surface area contributed by atoms with Crippen molar-refractivity contribution >= 4 is 51.4 Å². The van der Waals surface area contributed by atoms with E-state index in [-0.39, 0.29) is 65.3 Å². The second-order valence-electron chi connectivity index (χ2n) is 13.0. The molecule has 8 rings (SSSR count). The van der Waals surface area contributed by atoms with Crippen molar-refractivity contribution in [1.29, 1.82) is 0 Å². The fourth-order valence-corrected chi connectivity index (χ4v) is 7.53. The van der Waals surface area contributed by atoms with Gasteiger partial charge in [0.15, 0.2) is 17.3 Å². The van der Waals surface area contributed by atoms with Crippen LogP contribution in [0.3, 0.4) is 0 Å². The van der Waals surface area contributed by atoms with Crippen LogP contribution in [0.25, 0.3) is 22.3 Å². The number of piperidine rings is 1. The molecule has 0 unspecified atom stereocenters. The molecule has 1 aromatic carbocycles. The number of rotatable bonds is 5. The Bertz CT molecular complexity index is 2420. The monoisotopic (exact) mass is 750 g/mol. The van der Waals surface area contributed by atoms with E-state index in [1.807, 2.05) is 6.08 Å². The van der Waals surface area contributed by atoms with Crippen molar-refractivity contribution in [3.8, 4) is 5.75 Å². The van der Waals surface area contributed by atoms with Crippen LogP contribution in [-0.2, 0) is 32.6 Å². The van der Waals surface area contributed by atoms with Gasteiger partial charge in [-0.05, 0) is 62.1 Å². The van der Waals surface area contributed by atoms with Crippen LogP contribution in [0.2, 0.25) is 5.02 Å². The molecule has 0 bridgehead atoms. The standard InChI is InChI=1S/C35H30ClF3N8O6/c1-18-28-26(34(53-18)8-11-45(12-9-34)32(51)27-29(49)21-3-2-10-40-24(21)16-41-27)31(50)47-33(43-30(44-47)19-6-13-52-14-7-19)46(28)17-25(48)42-23-5-4-20(15-22(23)36)35(37,38)39/h2-6,10,15-16,18,49H,7-9,11-14,17H2,1H3,(H,42,48)/t18-/m1/s1. The van der Waals surface area contributed by atoms with Crippen LogP contribution in [0.15, 0.2) is 53.6 Å². The number of amides is 2. The van der Waals surface area contributed by atoms with Crippen molar-refractivity contribution in [3.05, 3.63) is 92.5 Å². The molecule has 14 nitrogen and oxygen atoms in total. The Morgan fingerprint density at radius 1 is 1.17 bits per heavy atom. The van der Waals surface area contributed by atoms with Crippen LogP contribution in [0.1, 0.15) is 65.4 Å². The van der Waals surface area contributed by atoms with Gasteiger partial charge in [0.1, 0.15) is 12.1 Å². The van der Waals surface area contributed by atoms with Crippen LogP contribution < -0.4 is 10.9 Å². The molecule has 274 valence electrons. The third-order valence-electron chi connectivity index (χ3n) is 9.85. The summed E-state index contributed by atoms with van der Waals surface area (Å²) < 4.78 is 54.4. The summed E-state index contributed by atoms with van der Waals surface area (Å²) in [7, 11) is 0. The number of likely N-dealkylation sites (tertiary alicyclic amines) is 1. The Kier molecular flexibility index (Phi) is 8.46. The van der Waals surface area contributed by atoms with Gasteiger partial charge in [-0.3, -0.25) is 19.4 Å². The summed E-state index contributed by atoms with van der Waals surface area (Å²) in [6, 6.07) is 5.90. The molecule has 3 aliphatic heterocycles. The van der Waals surface area contributed by atoms with E-state index in [1.54, 1.807) is 25.3 Å². The number of hydrogen-bond acceptors (Lipinski definition) is 10. The average Bonchev–Trinajstić information content (AvgIpc) is 3.71. The molecule has 4 aromatic heterocycles. The first-order chi connectivity index (χ1) is 25.3. The molecule has 53 heavy (non-hydrogen) atoms. The second kappa shape index (κ2) is 12.9. The van der Waals surface area contributed by atoms with Crippen LogP contribution in [0, 0.1) is 0 Å². The van der Waals surface area contributed by atoms with Crippen LogP contribution in [-0.4, -0.2) is 77.3 Å². The molecule has 2 N–H and O–H groups in total. The average molecular weight is 751 g/mol. The highest BCUT2D eigenvalue weighted by Gasteiger charge is 2.50. The number of anilines is 1. The number of halogens is 4. The quantitative estimate of drug-likeness (QED) is 0.253. The number of ether oxygens (including phenoxy) is 2. The van der Waals surface area contributed by atoms with Crippen molar-refractivity contribution in [3.63, 3.8) is 0 Å². The maximum absolute atomic E-state index is 14.4. The van der Waals surface area contributed by atoms with Crippen LogP contribution >= 0.6 is 11.6 Å². The number of nitrogens with one attached hydrogen (secondary N) is 1. The van der Waals surface area contributed by atoms with Crippen molar-refractivity contribution in [2.75, 3.05) is 31.6 Å². The maximum Gasteiger partial charge on any atom is 0.416 e. The summed E-state index contributed by atoms with van der Waals surface area (Å²) in [6.07, 6.45) is 0.358. The minimum atomic E-state index is -4.62. The molecule has 18 heteroatoms. The number of alkyl halides is 3. The Morgan fingerprint density at radius 2 is 1.96 bits per heavy atom. The van der Waals surface area contributed by atoms with Gasteiger partial charge in [-0.15, -0.1) is 5.10 Å². The Balaban J connectivity index is 1.15. The number of carbonyl (C=O) groups excluding carboxylic acids is 2. The van der Waals surface area contributed by atoms with Crippen molar-refractivity contribution in [2.45, 2.75) is 50.6 Å². The molecule has 1 fully saturated rings. The summed E-state index contributed by atoms with van der Waals surface area (Å²) >= 11 is 6.14. The summed E-state index contributed by atoms with van der Waals surface area (Å²) in [4.78, 5) is 56.2. The van der Waals surface area contributed by atoms with E-state index in [4.69, 9.17) is 21.1 Å². The SMILES string of the molecule is C[C@H]1OC2(CCN(C(=O)c3ncc4ncccc4c3O)CC2)c2c1n(CC(=O)Nc1ccc(C(F)(F)F)cc1Cl)c1nc(C3=CCOCC3)nn1c2=O. The Morgan fingerprint density at radius 3 is 2.68 bits per heavy atom. The van der Waals surface area contributed by atoms with Gasteiger partial charge < -0.3 is 29.4 Å². The molecule has 0 radical (unpaired) electrons. The molecule has 1 saturated heterocycles. The lowest BCUT2D eigenvalue weighted by atomic mass is 9.85. The van der Waals surface area contributed by atoms with Crippen molar-refractivity contribution < 1.29 is 37.3 Å². The summed E-state index contributed by atoms with van der Waals surface area (Å²) in [5.74, 6) is -1.07. The number of fused-ring (bicyclic) bond motifs is 4. The number of aromatic hydroxyl groups is 1. The van der Waals surface area contributed by atoms with E-state index < -0.39 is 47.4 Å². The maximum atomic E-state index is 14.4. The number of pyridine rings is 2. The minimum Gasteiger partial charge on any atom is -0.505 e. The van der Waals surface area contributed by atoms with E-state index in [1.165, 1.54) is 15.7 Å². The van der Waals surface area contributed by atoms with Gasteiger partial charge in [-0.25, -0.2) is 4.98 Å². The number of carbonyl (C=O) groups is 2. The van der Waals surface area contributed by atoms with Crippen molar-refractivity contribution in [2.24, 2.45) is 0 Å². The first-order valence-corrected chi connectivity index (χ1v) is 17.1. The lowest BCUT2D eigenvalue weighted by molar-refractivity contribution is -0.137. The minimum absolute atomic E-state index is 0.0334. The zero-order valence-corrected chi connectivity index (χ0v) is 28.7. The molecule has 0 aliphatic carbocycles. The predicted molar refractivity (Wildman–Crippen MR) is 183 cm³/mol. The molecule has 1 spiro atoms. The Labute approximate surface area is 302 Å². The number of benzene rings is 1. The van der Waals surface area contributed by atoms with E-state index >= 15 is 0 Å². The third kappa shape index (κ3) is 5.97. The van der Waals surface area contributed by atoms with Gasteiger partial charge in [0, 0.05) is 24.7 Å². The van der Waals surface area contributed by atoms with E-state index in [9.17, 15) is 32.7 Å². The van der Waals surface area contributed by atoms with Crippen LogP contribution in [0.4, 0.5) is 18.9 Å². The van der Waals surface area contributed by atoms with Gasteiger partial charge in [-0.1, -0.05) is 17.7 Å². The largest absolute Gasteiger partial charge is 0.505 e. The lowest BCUT2D eigenvalue weighted by Gasteiger charge is -2.39. The molecule has 1 atom stereocenters. The number of aromatic nitrogens is 6. The molecular weight excluding hydrogens is 721 g/mol. The topological polar surface area (TPSA) is 166 Å². The first-order valence-electron chi connectivity index (χ1n) is 16.7. The van der Waals surface area contributed by atoms with E-state index in [2.05, 4.69) is 25.4 Å². The fraction of sp³-hybridized carbons (Fsp3) is 0.343. The van der Waals surface area contributed by atoms with Gasteiger partial charge in [0.25, 0.3) is 11.5 Å². The number of hydrogen-bond donors (Lipinski definition) is 2. The normalized spacial score (nSPS) is 18.4. The second-order valence-corrected chi connectivity index (χ2v) is 13.4. The molecule has 7 heterocycles. The summed E-state index contributed by atoms with van der Waals surface area (Å²) in [6.45, 7) is 2.40. The molecular formula is C35H30ClF3N8O6. The first kappa shape index (κ1) is 34.7. The van der Waals surface area contributed by atoms with Gasteiger partial charge in [0.2, 0.25) is 11.7 Å². The molecule has 0 saturated carbocycles. The molecule has 5 aromatic rings. The molecule has 3 aliphatic rings. The van der Waals surface area contributed by atoms with Gasteiger partial charge >= 0.3 is 6.18 Å². The van der Waals surface area contributed by atoms with Gasteiger partial charge in [-0.2, -0.15) is 22.7 Å².